The maximum Gasteiger partial charge on any atom is 0.251 e. The van der Waals surface area contributed by atoms with Crippen LogP contribution in [-0.2, 0) is 40.0 Å². The van der Waals surface area contributed by atoms with E-state index in [2.05, 4.69) is 58.9 Å². The van der Waals surface area contributed by atoms with Crippen LogP contribution in [-0.4, -0.2) is 241 Å². The summed E-state index contributed by atoms with van der Waals surface area (Å²) in [6, 6.07) is 7.48. The van der Waals surface area contributed by atoms with Crippen LogP contribution in [0.25, 0.3) is 21.1 Å². The number of methoxy groups -OCH3 is 1. The summed E-state index contributed by atoms with van der Waals surface area (Å²) in [5.74, 6) is -7.88. The number of hydroxylamine groups is 2. The van der Waals surface area contributed by atoms with Gasteiger partial charge in [0.2, 0.25) is 35.4 Å². The number of carbonyl (C=O) groups is 7. The molecular weight excluding hydrogens is 1200 g/mol. The van der Waals surface area contributed by atoms with Crippen molar-refractivity contribution in [2.75, 3.05) is 71.0 Å². The summed E-state index contributed by atoms with van der Waals surface area (Å²) >= 11 is 1.34. The van der Waals surface area contributed by atoms with E-state index in [-0.39, 0.29) is 42.1 Å². The largest absolute Gasteiger partial charge is 0.504 e. The van der Waals surface area contributed by atoms with Crippen LogP contribution < -0.4 is 42.0 Å². The van der Waals surface area contributed by atoms with Gasteiger partial charge in [-0.3, -0.25) is 38.4 Å². The number of benzene rings is 3. The third-order valence-electron chi connectivity index (χ3n) is 17.7. The van der Waals surface area contributed by atoms with Gasteiger partial charge >= 0.3 is 0 Å². The highest BCUT2D eigenvalue weighted by atomic mass is 32.1. The minimum absolute atomic E-state index is 0.00274. The highest BCUT2D eigenvalue weighted by Crippen LogP contribution is 2.33. The van der Waals surface area contributed by atoms with Crippen LogP contribution in [0.3, 0.4) is 0 Å². The predicted molar refractivity (Wildman–Crippen MR) is 330 cm³/mol. The number of nitrogens with two attached hydrogens (primary N) is 1. The van der Waals surface area contributed by atoms with Crippen molar-refractivity contribution in [3.05, 3.63) is 77.9 Å². The van der Waals surface area contributed by atoms with Gasteiger partial charge in [0.25, 0.3) is 5.91 Å². The Balaban J connectivity index is 0.935. The van der Waals surface area contributed by atoms with Crippen molar-refractivity contribution in [3.63, 3.8) is 0 Å². The second-order valence-electron chi connectivity index (χ2n) is 24.3. The molecule has 4 aromatic rings. The Morgan fingerprint density at radius 3 is 2.03 bits per heavy atom. The highest BCUT2D eigenvalue weighted by molar-refractivity contribution is 7.17. The van der Waals surface area contributed by atoms with Gasteiger partial charge in [-0.2, -0.15) is 5.06 Å². The summed E-state index contributed by atoms with van der Waals surface area (Å²) in [6.45, 7) is 5.11. The molecule has 494 valence electrons. The number of ether oxygens (including phenoxy) is 1. The van der Waals surface area contributed by atoms with Crippen molar-refractivity contribution in [2.24, 2.45) is 17.6 Å². The third-order valence-corrected chi connectivity index (χ3v) is 18.7. The topological polar surface area (TPSA) is 404 Å². The van der Waals surface area contributed by atoms with Gasteiger partial charge in [0.1, 0.15) is 46.3 Å². The van der Waals surface area contributed by atoms with Gasteiger partial charge in [0.15, 0.2) is 11.5 Å². The van der Waals surface area contributed by atoms with E-state index in [4.69, 9.17) is 15.3 Å². The number of aliphatic hydroxyl groups excluding tert-OH is 6. The van der Waals surface area contributed by atoms with Crippen molar-refractivity contribution in [2.45, 2.75) is 145 Å². The maximum atomic E-state index is 14.7. The number of fused-ring (bicyclic) bond motifs is 2. The standard InChI is InChI=1S/C62H84N12O16S/c1-33-30-74-52(53(33)81)58(86)64-29-41(76)27-43(65-54(82)37-10-12-38(13-11-37)59-69-70-60(91-59)39-14-16-40(17-15-39)71-21-23-72(24-22-71)90-32-35-7-5-4-6-8-35)55(83)66-49(34(2)75)61(87)73-31-42(77)28-44(73)56(84)67-50(57(85)68-51(62(74)88)46(79)19-20-63)47(80)25-36-9-18-45(78)48(26-36)89-3/h9-18,26,33-35,41-44,46-47,49-53,75-81H,4-8,19-25,27-32,63H2,1-3H3,(H,64,86)(H,65,82)(H,66,83)(H,67,84)(H,68,85)/t33-,34+,41+,42+,43-,44-,46+,47+,49-,50-,51-,52-,53-/m0/s1. The van der Waals surface area contributed by atoms with E-state index in [1.807, 2.05) is 12.1 Å². The Morgan fingerprint density at radius 2 is 1.38 bits per heavy atom. The van der Waals surface area contributed by atoms with Crippen LogP contribution in [0.15, 0.2) is 66.7 Å². The molecule has 91 heavy (non-hydrogen) atoms. The highest BCUT2D eigenvalue weighted by Gasteiger charge is 2.50. The number of phenolic OH excluding ortho intramolecular Hbond substituents is 1. The van der Waals surface area contributed by atoms with Crippen molar-refractivity contribution in [3.8, 4) is 32.6 Å². The molecule has 5 aliphatic rings. The Bertz CT molecular complexity index is 3180. The van der Waals surface area contributed by atoms with Crippen LogP contribution in [0, 0.1) is 11.8 Å². The summed E-state index contributed by atoms with van der Waals surface area (Å²) in [5, 5.41) is 103. The summed E-state index contributed by atoms with van der Waals surface area (Å²) < 4.78 is 5.20. The molecule has 1 saturated carbocycles. The predicted octanol–water partition coefficient (Wildman–Crippen LogP) is -1.48. The molecule has 29 heteroatoms. The number of hydrogen-bond donors (Lipinski definition) is 13. The van der Waals surface area contributed by atoms with Crippen LogP contribution in [0.1, 0.15) is 81.1 Å². The number of hydrogen-bond acceptors (Lipinski definition) is 22. The SMILES string of the molecule is COc1cc(C[C@@H](O)[C@@H]2NC(=O)[C@@H]3C[C@@H](O)CN3C(=O)[C@H]([C@@H](C)O)NC(=O)[C@@H](NC(=O)c3ccc(-c4nnc(-c5ccc(N6CCN(OCC7CCCCC7)CC6)cc5)s4)cc3)C[C@@H](O)CNC(=O)[C@@H]3[C@@H](O)[C@@H](C)CN3C(=O)[C@H]([C@H](O)CCN)NC2=O)ccc1O. The van der Waals surface area contributed by atoms with E-state index in [1.165, 1.54) is 80.9 Å². The fourth-order valence-corrected chi connectivity index (χ4v) is 13.2. The van der Waals surface area contributed by atoms with E-state index in [0.717, 1.165) is 60.8 Å². The number of phenols is 1. The lowest BCUT2D eigenvalue weighted by atomic mass is 9.90. The van der Waals surface area contributed by atoms with Crippen molar-refractivity contribution >= 4 is 58.4 Å². The smallest absolute Gasteiger partial charge is 0.251 e. The molecule has 1 aromatic heterocycles. The number of aliphatic hydroxyl groups is 6. The second-order valence-corrected chi connectivity index (χ2v) is 25.3. The third kappa shape index (κ3) is 16.6. The fraction of sp³-hybridized carbons (Fsp3) is 0.565. The molecule has 14 N–H and O–H groups in total. The van der Waals surface area contributed by atoms with Crippen molar-refractivity contribution < 1.29 is 78.9 Å². The Morgan fingerprint density at radius 1 is 0.747 bits per heavy atom. The number of nitrogens with one attached hydrogen (secondary N) is 5. The lowest BCUT2D eigenvalue weighted by Gasteiger charge is -2.36. The molecule has 4 saturated heterocycles. The molecule has 0 spiro atoms. The molecule has 0 radical (unpaired) electrons. The molecule has 5 fully saturated rings. The number of piperazine rings is 1. The van der Waals surface area contributed by atoms with Crippen LogP contribution in [0.2, 0.25) is 0 Å². The molecule has 0 bridgehead atoms. The van der Waals surface area contributed by atoms with E-state index in [1.54, 1.807) is 19.1 Å². The first-order valence-electron chi connectivity index (χ1n) is 31.0. The molecule has 7 amide bonds. The molecule has 1 aliphatic carbocycles. The van der Waals surface area contributed by atoms with Gasteiger partial charge < -0.3 is 87.5 Å². The Labute approximate surface area is 530 Å². The maximum absolute atomic E-state index is 14.7. The minimum atomic E-state index is -2.02. The van der Waals surface area contributed by atoms with Gasteiger partial charge in [-0.25, -0.2) is 0 Å². The van der Waals surface area contributed by atoms with Crippen molar-refractivity contribution in [1.82, 2.24) is 51.6 Å². The molecule has 4 aliphatic heterocycles. The number of anilines is 1. The van der Waals surface area contributed by atoms with E-state index in [9.17, 15) is 69.3 Å². The molecule has 0 unspecified atom stereocenters. The van der Waals surface area contributed by atoms with Gasteiger partial charge in [-0.05, 0) is 92.7 Å². The Hall–Kier alpha value is -7.45. The van der Waals surface area contributed by atoms with Crippen molar-refractivity contribution in [1.29, 1.82) is 0 Å². The summed E-state index contributed by atoms with van der Waals surface area (Å²) in [4.78, 5) is 112. The molecule has 13 atom stereocenters. The lowest BCUT2D eigenvalue weighted by molar-refractivity contribution is -0.173. The molecule has 28 nitrogen and oxygen atoms in total. The zero-order chi connectivity index (χ0) is 65.2. The minimum Gasteiger partial charge on any atom is -0.504 e. The number of β-amino-alcohol motifs (C(OH)–C–C–N with tert-alkyl or cyclic N) is 1. The molecule has 9 rings (SSSR count). The number of amides is 7. The van der Waals surface area contributed by atoms with Crippen LogP contribution in [0.4, 0.5) is 5.69 Å². The monoisotopic (exact) mass is 1280 g/mol. The van der Waals surface area contributed by atoms with E-state index in [0.29, 0.717) is 21.5 Å². The van der Waals surface area contributed by atoms with Gasteiger partial charge in [0, 0.05) is 93.4 Å². The first-order chi connectivity index (χ1) is 43.6. The van der Waals surface area contributed by atoms with Gasteiger partial charge in [-0.1, -0.05) is 55.7 Å². The second kappa shape index (κ2) is 30.8. The number of rotatable bonds is 16. The van der Waals surface area contributed by atoms with Gasteiger partial charge in [0.05, 0.1) is 50.3 Å². The summed E-state index contributed by atoms with van der Waals surface area (Å²) in [7, 11) is 1.28. The number of carbonyl (C=O) groups excluding carboxylic acids is 7. The average Bonchev–Trinajstić information content (AvgIpc) is 1.82. The lowest BCUT2D eigenvalue weighted by Crippen LogP contribution is -2.64. The first kappa shape index (κ1) is 67.9. The number of aromatic hydroxyl groups is 1. The molecule has 5 heterocycles. The zero-order valence-corrected chi connectivity index (χ0v) is 52.0. The fourth-order valence-electron chi connectivity index (χ4n) is 12.4. The summed E-state index contributed by atoms with van der Waals surface area (Å²) in [5.41, 5.74) is 8.70. The van der Waals surface area contributed by atoms with Crippen LogP contribution in [0.5, 0.6) is 11.5 Å². The average molecular weight is 1290 g/mol. The van der Waals surface area contributed by atoms with Crippen LogP contribution >= 0.6 is 11.3 Å². The van der Waals surface area contributed by atoms with Gasteiger partial charge in [-0.15, -0.1) is 10.2 Å². The number of aromatic nitrogens is 2. The normalized spacial score (nSPS) is 27.3. The first-order valence-corrected chi connectivity index (χ1v) is 31.8. The molecular formula is C62H84N12O16S. The zero-order valence-electron chi connectivity index (χ0n) is 51.1. The molecule has 3 aromatic carbocycles. The Kier molecular flexibility index (Phi) is 23.0. The van der Waals surface area contributed by atoms with E-state index >= 15 is 0 Å². The quantitative estimate of drug-likeness (QED) is 0.0608. The summed E-state index contributed by atoms with van der Waals surface area (Å²) in [6.07, 6.45) is -5.37. The van der Waals surface area contributed by atoms with E-state index < -0.39 is 152 Å². The number of nitrogens with zero attached hydrogens (tertiary/aromatic N) is 6.